The second-order valence-electron chi connectivity index (χ2n) is 5.78. The Morgan fingerprint density at radius 2 is 1.69 bits per heavy atom. The van der Waals surface area contributed by atoms with E-state index in [1.807, 2.05) is 72.8 Å². The summed E-state index contributed by atoms with van der Waals surface area (Å²) in [6.07, 6.45) is 0. The molecule has 0 spiro atoms. The van der Waals surface area contributed by atoms with Crippen LogP contribution in [0.3, 0.4) is 0 Å². The lowest BCUT2D eigenvalue weighted by molar-refractivity contribution is 0.415. The highest BCUT2D eigenvalue weighted by molar-refractivity contribution is 6.30. The normalized spacial score (nSPS) is 10.7. The van der Waals surface area contributed by atoms with Crippen molar-refractivity contribution in [2.45, 2.75) is 0 Å². The van der Waals surface area contributed by atoms with E-state index in [9.17, 15) is 0 Å². The highest BCUT2D eigenvalue weighted by Crippen LogP contribution is 2.28. The molecule has 0 aliphatic rings. The average molecular weight is 362 g/mol. The van der Waals surface area contributed by atoms with Gasteiger partial charge in [-0.1, -0.05) is 29.8 Å². The van der Waals surface area contributed by atoms with Gasteiger partial charge in [0.1, 0.15) is 11.6 Å². The quantitative estimate of drug-likeness (QED) is 0.506. The van der Waals surface area contributed by atoms with Crippen LogP contribution in [0.4, 0.5) is 11.5 Å². The van der Waals surface area contributed by atoms with Crippen LogP contribution in [-0.4, -0.2) is 17.1 Å². The van der Waals surface area contributed by atoms with Gasteiger partial charge in [-0.15, -0.1) is 0 Å². The molecule has 0 radical (unpaired) electrons. The Morgan fingerprint density at radius 1 is 0.885 bits per heavy atom. The Balaban J connectivity index is 1.82. The van der Waals surface area contributed by atoms with E-state index >= 15 is 0 Å². The molecule has 1 heterocycles. The predicted molar refractivity (Wildman–Crippen MR) is 106 cm³/mol. The van der Waals surface area contributed by atoms with E-state index in [0.29, 0.717) is 10.8 Å². The number of nitrogens with zero attached hydrogens (tertiary/aromatic N) is 2. The summed E-state index contributed by atoms with van der Waals surface area (Å²) in [6, 6.07) is 23.2. The predicted octanol–water partition coefficient (Wildman–Crippen LogP) is 5.70. The molecule has 0 bridgehead atoms. The lowest BCUT2D eigenvalue weighted by Gasteiger charge is -2.12. The number of methoxy groups -OCH3 is 1. The van der Waals surface area contributed by atoms with Gasteiger partial charge in [-0.25, -0.2) is 9.97 Å². The molecule has 4 nitrogen and oxygen atoms in total. The summed E-state index contributed by atoms with van der Waals surface area (Å²) < 4.78 is 5.30. The van der Waals surface area contributed by atoms with Gasteiger partial charge in [0.05, 0.1) is 12.6 Å². The number of aromatic nitrogens is 2. The maximum absolute atomic E-state index is 6.00. The molecule has 3 aromatic carbocycles. The van der Waals surface area contributed by atoms with Crippen LogP contribution >= 0.6 is 11.6 Å². The summed E-state index contributed by atoms with van der Waals surface area (Å²) in [5, 5.41) is 5.02. The van der Waals surface area contributed by atoms with Crippen molar-refractivity contribution in [1.29, 1.82) is 0 Å². The first-order chi connectivity index (χ1) is 12.7. The van der Waals surface area contributed by atoms with Crippen LogP contribution in [0.2, 0.25) is 5.02 Å². The Bertz CT molecular complexity index is 1060. The minimum atomic E-state index is 0.644. The second-order valence-corrected chi connectivity index (χ2v) is 6.21. The topological polar surface area (TPSA) is 47.0 Å². The van der Waals surface area contributed by atoms with Crippen LogP contribution in [0, 0.1) is 0 Å². The third-order valence-electron chi connectivity index (χ3n) is 4.04. The van der Waals surface area contributed by atoms with Gasteiger partial charge < -0.3 is 10.1 Å². The zero-order valence-corrected chi connectivity index (χ0v) is 14.9. The summed E-state index contributed by atoms with van der Waals surface area (Å²) in [6.45, 7) is 0. The van der Waals surface area contributed by atoms with Crippen LogP contribution < -0.4 is 10.1 Å². The van der Waals surface area contributed by atoms with Crippen molar-refractivity contribution in [1.82, 2.24) is 9.97 Å². The highest BCUT2D eigenvalue weighted by atomic mass is 35.5. The van der Waals surface area contributed by atoms with Crippen molar-refractivity contribution >= 4 is 34.0 Å². The first-order valence-electron chi connectivity index (χ1n) is 8.17. The standard InChI is InChI=1S/C21H16ClN3O/c1-26-17-6-4-5-16(13-17)23-21-18-7-2-3-8-19(18)24-20(25-21)14-9-11-15(22)12-10-14/h2-13H,1H3,(H,23,24,25). The lowest BCUT2D eigenvalue weighted by atomic mass is 10.2. The molecule has 4 rings (SSSR count). The Hall–Kier alpha value is -3.11. The second kappa shape index (κ2) is 7.02. The van der Waals surface area contributed by atoms with E-state index in [0.717, 1.165) is 33.7 Å². The Morgan fingerprint density at radius 3 is 2.50 bits per heavy atom. The third kappa shape index (κ3) is 3.32. The van der Waals surface area contributed by atoms with Crippen molar-refractivity contribution < 1.29 is 4.74 Å². The lowest BCUT2D eigenvalue weighted by Crippen LogP contribution is -1.99. The van der Waals surface area contributed by atoms with E-state index in [1.165, 1.54) is 0 Å². The molecular formula is C21H16ClN3O. The van der Waals surface area contributed by atoms with Crippen LogP contribution in [-0.2, 0) is 0 Å². The molecule has 0 atom stereocenters. The van der Waals surface area contributed by atoms with E-state index in [2.05, 4.69) is 5.32 Å². The number of hydrogen-bond donors (Lipinski definition) is 1. The fraction of sp³-hybridized carbons (Fsp3) is 0.0476. The van der Waals surface area contributed by atoms with Crippen LogP contribution in [0.5, 0.6) is 5.75 Å². The molecule has 0 aliphatic carbocycles. The van der Waals surface area contributed by atoms with Gasteiger partial charge >= 0.3 is 0 Å². The first kappa shape index (κ1) is 16.4. The molecule has 4 aromatic rings. The van der Waals surface area contributed by atoms with Gasteiger partial charge in [0.25, 0.3) is 0 Å². The summed E-state index contributed by atoms with van der Waals surface area (Å²) in [5.74, 6) is 2.17. The SMILES string of the molecule is COc1cccc(Nc2nc(-c3ccc(Cl)cc3)nc3ccccc23)c1. The van der Waals surface area contributed by atoms with Gasteiger partial charge in [-0.05, 0) is 48.5 Å². The summed E-state index contributed by atoms with van der Waals surface area (Å²) in [7, 11) is 1.65. The molecule has 0 fully saturated rings. The molecule has 0 unspecified atom stereocenters. The van der Waals surface area contributed by atoms with E-state index in [-0.39, 0.29) is 0 Å². The van der Waals surface area contributed by atoms with Gasteiger partial charge in [0.15, 0.2) is 5.82 Å². The van der Waals surface area contributed by atoms with Gasteiger partial charge in [0.2, 0.25) is 0 Å². The Kier molecular flexibility index (Phi) is 4.42. The van der Waals surface area contributed by atoms with Crippen molar-refractivity contribution in [2.24, 2.45) is 0 Å². The Labute approximate surface area is 156 Å². The van der Waals surface area contributed by atoms with Crippen molar-refractivity contribution in [3.05, 3.63) is 77.8 Å². The van der Waals surface area contributed by atoms with Gasteiger partial charge in [-0.2, -0.15) is 0 Å². The zero-order valence-electron chi connectivity index (χ0n) is 14.1. The van der Waals surface area contributed by atoms with Crippen LogP contribution in [0.15, 0.2) is 72.8 Å². The molecule has 1 N–H and O–H groups in total. The molecule has 1 aromatic heterocycles. The monoisotopic (exact) mass is 361 g/mol. The fourth-order valence-corrected chi connectivity index (χ4v) is 2.86. The van der Waals surface area contributed by atoms with Crippen LogP contribution in [0.1, 0.15) is 0 Å². The number of rotatable bonds is 4. The summed E-state index contributed by atoms with van der Waals surface area (Å²) in [5.41, 5.74) is 2.68. The number of nitrogens with one attached hydrogen (secondary N) is 1. The highest BCUT2D eigenvalue weighted by Gasteiger charge is 2.10. The number of para-hydroxylation sites is 1. The average Bonchev–Trinajstić information content (AvgIpc) is 2.68. The van der Waals surface area contributed by atoms with Gasteiger partial charge in [0, 0.05) is 27.7 Å². The molecular weight excluding hydrogens is 346 g/mol. The smallest absolute Gasteiger partial charge is 0.162 e. The minimum Gasteiger partial charge on any atom is -0.497 e. The maximum Gasteiger partial charge on any atom is 0.162 e. The first-order valence-corrected chi connectivity index (χ1v) is 8.54. The van der Waals surface area contributed by atoms with Crippen molar-refractivity contribution in [3.63, 3.8) is 0 Å². The largest absolute Gasteiger partial charge is 0.497 e. The third-order valence-corrected chi connectivity index (χ3v) is 4.29. The van der Waals surface area contributed by atoms with Crippen LogP contribution in [0.25, 0.3) is 22.3 Å². The number of ether oxygens (including phenoxy) is 1. The number of hydrogen-bond acceptors (Lipinski definition) is 4. The van der Waals surface area contributed by atoms with E-state index in [1.54, 1.807) is 7.11 Å². The van der Waals surface area contributed by atoms with Crippen molar-refractivity contribution in [3.8, 4) is 17.1 Å². The van der Waals surface area contributed by atoms with Gasteiger partial charge in [-0.3, -0.25) is 0 Å². The summed E-state index contributed by atoms with van der Waals surface area (Å²) in [4.78, 5) is 9.44. The number of fused-ring (bicyclic) bond motifs is 1. The number of benzene rings is 3. The zero-order chi connectivity index (χ0) is 17.9. The molecule has 0 aliphatic heterocycles. The molecule has 5 heteroatoms. The van der Waals surface area contributed by atoms with E-state index in [4.69, 9.17) is 26.3 Å². The number of anilines is 2. The van der Waals surface area contributed by atoms with E-state index < -0.39 is 0 Å². The molecule has 0 amide bonds. The summed E-state index contributed by atoms with van der Waals surface area (Å²) >= 11 is 6.00. The molecule has 26 heavy (non-hydrogen) atoms. The molecule has 0 saturated carbocycles. The molecule has 128 valence electrons. The maximum atomic E-state index is 6.00. The van der Waals surface area contributed by atoms with Crippen molar-refractivity contribution in [2.75, 3.05) is 12.4 Å². The molecule has 0 saturated heterocycles. The minimum absolute atomic E-state index is 0.644. The fourth-order valence-electron chi connectivity index (χ4n) is 2.74. The number of halogens is 1.